The minimum atomic E-state index is -4.22. The summed E-state index contributed by atoms with van der Waals surface area (Å²) in [6.07, 6.45) is 3.34. The molecule has 1 aliphatic carbocycles. The molecule has 0 spiro atoms. The molecule has 4 aromatic carbocycles. The lowest BCUT2D eigenvalue weighted by atomic mass is 9.83. The molecule has 0 saturated carbocycles. The molecule has 0 unspecified atom stereocenters. The normalized spacial score (nSPS) is 15.8. The summed E-state index contributed by atoms with van der Waals surface area (Å²) in [5.74, 6) is 0.744. The second-order valence-electron chi connectivity index (χ2n) is 10.7. The lowest BCUT2D eigenvalue weighted by Gasteiger charge is -2.31. The van der Waals surface area contributed by atoms with Gasteiger partial charge in [-0.15, -0.1) is 0 Å². The average molecular weight is 652 g/mol. The fourth-order valence-corrected chi connectivity index (χ4v) is 7.80. The molecule has 230 valence electrons. The van der Waals surface area contributed by atoms with Gasteiger partial charge < -0.3 is 8.92 Å². The first-order valence-electron chi connectivity index (χ1n) is 14.3. The standard InChI is InChI=1S/C34H25N3O7S2/c1-43-29-9-5-4-8-27(29)32-28-19-12-22-6-2-3-7-26(22)31(28)35-34-36(32)33(38)30(45-34)20-21-10-15-24(16-11-21)44-46(41,42)25-17-13-23(14-18-25)37(39)40/h2-11,13-18,20,32H,12,19H2,1H3/b30-20-/t32-/m0/s1. The van der Waals surface area contributed by atoms with Gasteiger partial charge in [-0.05, 0) is 65.9 Å². The second kappa shape index (κ2) is 11.5. The van der Waals surface area contributed by atoms with Crippen LogP contribution in [0.3, 0.4) is 0 Å². The first kappa shape index (κ1) is 29.4. The van der Waals surface area contributed by atoms with Crippen LogP contribution in [-0.2, 0) is 16.5 Å². The number of hydrogen-bond acceptors (Lipinski definition) is 9. The number of non-ortho nitro benzene ring substituents is 1. The van der Waals surface area contributed by atoms with Crippen LogP contribution in [-0.4, -0.2) is 25.0 Å². The van der Waals surface area contributed by atoms with Crippen molar-refractivity contribution in [2.45, 2.75) is 23.8 Å². The number of nitrogens with zero attached hydrogens (tertiary/aromatic N) is 3. The van der Waals surface area contributed by atoms with E-state index in [0.717, 1.165) is 59.5 Å². The average Bonchev–Trinajstić information content (AvgIpc) is 3.38. The summed E-state index contributed by atoms with van der Waals surface area (Å²) < 4.78 is 38.7. The molecule has 0 saturated heterocycles. The summed E-state index contributed by atoms with van der Waals surface area (Å²) in [6.45, 7) is 0. The van der Waals surface area contributed by atoms with E-state index in [4.69, 9.17) is 13.9 Å². The van der Waals surface area contributed by atoms with Gasteiger partial charge in [0.15, 0.2) is 4.80 Å². The quantitative estimate of drug-likeness (QED) is 0.138. The van der Waals surface area contributed by atoms with Crippen molar-refractivity contribution in [2.24, 2.45) is 4.99 Å². The highest BCUT2D eigenvalue weighted by atomic mass is 32.2. The van der Waals surface area contributed by atoms with Crippen LogP contribution >= 0.6 is 11.3 Å². The molecule has 1 aromatic heterocycles. The van der Waals surface area contributed by atoms with Crippen LogP contribution in [0.25, 0.3) is 11.8 Å². The molecule has 2 heterocycles. The lowest BCUT2D eigenvalue weighted by molar-refractivity contribution is -0.384. The van der Waals surface area contributed by atoms with E-state index in [2.05, 4.69) is 12.1 Å². The second-order valence-corrected chi connectivity index (χ2v) is 13.3. The number of aryl methyl sites for hydroxylation is 1. The molecule has 1 atom stereocenters. The molecular formula is C34H25N3O7S2. The third-order valence-electron chi connectivity index (χ3n) is 8.03. The maximum Gasteiger partial charge on any atom is 0.339 e. The zero-order valence-electron chi connectivity index (χ0n) is 24.3. The van der Waals surface area contributed by atoms with Crippen LogP contribution in [0.4, 0.5) is 5.69 Å². The van der Waals surface area contributed by atoms with Crippen molar-refractivity contribution in [3.8, 4) is 11.5 Å². The Morgan fingerprint density at radius 2 is 1.67 bits per heavy atom. The van der Waals surface area contributed by atoms with Gasteiger partial charge in [0.05, 0.1) is 28.3 Å². The van der Waals surface area contributed by atoms with Gasteiger partial charge >= 0.3 is 10.1 Å². The maximum atomic E-state index is 14.1. The third kappa shape index (κ3) is 5.21. The predicted molar refractivity (Wildman–Crippen MR) is 173 cm³/mol. The first-order chi connectivity index (χ1) is 22.2. The predicted octanol–water partition coefficient (Wildman–Crippen LogP) is 5.00. The number of para-hydroxylation sites is 1. The molecule has 0 bridgehead atoms. The summed E-state index contributed by atoms with van der Waals surface area (Å²) in [7, 11) is -2.59. The Bertz CT molecular complexity index is 2340. The summed E-state index contributed by atoms with van der Waals surface area (Å²) in [6, 6.07) is 26.3. The van der Waals surface area contributed by atoms with Crippen molar-refractivity contribution in [2.75, 3.05) is 7.11 Å². The number of aromatic nitrogens is 1. The van der Waals surface area contributed by atoms with E-state index < -0.39 is 21.1 Å². The van der Waals surface area contributed by atoms with E-state index in [9.17, 15) is 23.3 Å². The molecule has 0 fully saturated rings. The number of allylic oxidation sites excluding steroid dienone is 1. The van der Waals surface area contributed by atoms with Crippen molar-refractivity contribution in [1.29, 1.82) is 0 Å². The van der Waals surface area contributed by atoms with Crippen molar-refractivity contribution < 1.29 is 22.3 Å². The molecule has 5 aromatic rings. The van der Waals surface area contributed by atoms with Gasteiger partial charge in [-0.3, -0.25) is 19.5 Å². The van der Waals surface area contributed by atoms with Crippen LogP contribution in [0.5, 0.6) is 11.5 Å². The van der Waals surface area contributed by atoms with Crippen LogP contribution in [0.1, 0.15) is 34.7 Å². The molecule has 10 nitrogen and oxygen atoms in total. The maximum absolute atomic E-state index is 14.1. The number of nitro groups is 1. The summed E-state index contributed by atoms with van der Waals surface area (Å²) in [5, 5.41) is 10.9. The largest absolute Gasteiger partial charge is 0.496 e. The van der Waals surface area contributed by atoms with Gasteiger partial charge in [0.1, 0.15) is 16.4 Å². The van der Waals surface area contributed by atoms with Gasteiger partial charge in [-0.2, -0.15) is 8.42 Å². The number of methoxy groups -OCH3 is 1. The highest BCUT2D eigenvalue weighted by Gasteiger charge is 2.34. The Morgan fingerprint density at radius 1 is 0.957 bits per heavy atom. The molecule has 7 rings (SSSR count). The Hall–Kier alpha value is -5.33. The molecule has 46 heavy (non-hydrogen) atoms. The van der Waals surface area contributed by atoms with Crippen LogP contribution in [0.2, 0.25) is 0 Å². The highest BCUT2D eigenvalue weighted by Crippen LogP contribution is 2.43. The number of fused-ring (bicyclic) bond motifs is 3. The van der Waals surface area contributed by atoms with Crippen LogP contribution in [0, 0.1) is 10.1 Å². The van der Waals surface area contributed by atoms with E-state index >= 15 is 0 Å². The monoisotopic (exact) mass is 651 g/mol. The summed E-state index contributed by atoms with van der Waals surface area (Å²) in [4.78, 5) is 29.8. The van der Waals surface area contributed by atoms with E-state index in [1.54, 1.807) is 29.9 Å². The Morgan fingerprint density at radius 3 is 2.41 bits per heavy atom. The van der Waals surface area contributed by atoms with Crippen molar-refractivity contribution >= 4 is 38.9 Å². The first-order valence-corrected chi connectivity index (χ1v) is 16.5. The fraction of sp³-hybridized carbons (Fsp3) is 0.118. The Kier molecular flexibility index (Phi) is 7.38. The SMILES string of the molecule is COc1ccccc1[C@H]1C2=C(N=c3s/c(=C\c4ccc(OS(=O)(=O)c5ccc([N+](=O)[O-])cc5)cc4)c(=O)n31)c1ccccc1CC2. The van der Waals surface area contributed by atoms with E-state index in [0.29, 0.717) is 20.6 Å². The van der Waals surface area contributed by atoms with Crippen LogP contribution in [0.15, 0.2) is 117 Å². The van der Waals surface area contributed by atoms with Crippen molar-refractivity contribution in [3.05, 3.63) is 155 Å². The molecule has 1 aliphatic heterocycles. The summed E-state index contributed by atoms with van der Waals surface area (Å²) in [5.41, 5.74) is 5.38. The topological polar surface area (TPSA) is 130 Å². The third-order valence-corrected chi connectivity index (χ3v) is 10.3. The zero-order chi connectivity index (χ0) is 32.0. The molecule has 2 aliphatic rings. The van der Waals surface area contributed by atoms with Gasteiger partial charge in [0.2, 0.25) is 0 Å². The lowest BCUT2D eigenvalue weighted by Crippen LogP contribution is -2.38. The number of nitro benzene ring substituents is 1. The van der Waals surface area contributed by atoms with Gasteiger partial charge in [0.25, 0.3) is 11.2 Å². The number of ether oxygens (including phenoxy) is 1. The van der Waals surface area contributed by atoms with Gasteiger partial charge in [0, 0.05) is 23.3 Å². The fourth-order valence-electron chi connectivity index (χ4n) is 5.87. The highest BCUT2D eigenvalue weighted by molar-refractivity contribution is 7.87. The minimum absolute atomic E-state index is 0.0551. The molecule has 0 amide bonds. The van der Waals surface area contributed by atoms with E-state index in [-0.39, 0.29) is 21.9 Å². The zero-order valence-corrected chi connectivity index (χ0v) is 26.0. The molecule has 12 heteroatoms. The van der Waals surface area contributed by atoms with Gasteiger partial charge in [-0.25, -0.2) is 4.99 Å². The van der Waals surface area contributed by atoms with E-state index in [1.165, 1.54) is 29.0 Å². The van der Waals surface area contributed by atoms with Gasteiger partial charge in [-0.1, -0.05) is 65.9 Å². The smallest absolute Gasteiger partial charge is 0.339 e. The van der Waals surface area contributed by atoms with E-state index in [1.807, 2.05) is 36.4 Å². The van der Waals surface area contributed by atoms with Crippen LogP contribution < -0.4 is 23.8 Å². The summed E-state index contributed by atoms with van der Waals surface area (Å²) >= 11 is 1.29. The Labute approximate surface area is 267 Å². The molecule has 0 N–H and O–H groups in total. The number of thiazole rings is 1. The number of rotatable bonds is 7. The minimum Gasteiger partial charge on any atom is -0.496 e. The molecule has 0 radical (unpaired) electrons. The van der Waals surface area contributed by atoms with Crippen molar-refractivity contribution in [1.82, 2.24) is 4.57 Å². The molecular weight excluding hydrogens is 627 g/mol. The number of benzene rings is 4. The number of hydrogen-bond donors (Lipinski definition) is 0. The van der Waals surface area contributed by atoms with Crippen molar-refractivity contribution in [3.63, 3.8) is 0 Å². The Balaban J connectivity index is 1.27.